The van der Waals surface area contributed by atoms with E-state index in [-0.39, 0.29) is 21.7 Å². The zero-order valence-electron chi connectivity index (χ0n) is 53.0. The minimum absolute atomic E-state index is 0.00590. The van der Waals surface area contributed by atoms with Crippen molar-refractivity contribution < 1.29 is 4.42 Å². The Balaban J connectivity index is 0.000000144. The van der Waals surface area contributed by atoms with Crippen LogP contribution in [0.3, 0.4) is 0 Å². The van der Waals surface area contributed by atoms with Crippen molar-refractivity contribution >= 4 is 85.0 Å². The minimum atomic E-state index is -0.0372. The predicted octanol–water partition coefficient (Wildman–Crippen LogP) is 22.9. The normalized spacial score (nSPS) is 14.8. The molecule has 16 aromatic rings. The Labute approximate surface area is 548 Å². The van der Waals surface area contributed by atoms with Gasteiger partial charge in [0.15, 0.2) is 34.9 Å². The SMILES string of the molecule is CC1(C)c2ccccc2-c2c(ccc3c2sc2cc(-c4nc(-c5ccccc5)nc(-c5cccc6oc7ccccc7c56)n4)ccc23)C1(C)C.CC1(C)c2ccccc2-c2c(ccc3c2sc2cc(-c4nc(-c5ccccc5)nc(-c5ccccc5)n4)ccc23)C1(C)C. The second-order valence-corrected chi connectivity index (χ2v) is 29.0. The van der Waals surface area contributed by atoms with Gasteiger partial charge in [0.2, 0.25) is 0 Å². The van der Waals surface area contributed by atoms with Gasteiger partial charge in [-0.1, -0.05) is 274 Å². The molecule has 2 aliphatic rings. The van der Waals surface area contributed by atoms with Gasteiger partial charge in [-0.15, -0.1) is 22.7 Å². The molecule has 0 radical (unpaired) electrons. The number of aromatic nitrogens is 6. The number of benzene rings is 11. The molecule has 0 N–H and O–H groups in total. The summed E-state index contributed by atoms with van der Waals surface area (Å²) in [5, 5.41) is 7.18. The molecule has 0 spiro atoms. The van der Waals surface area contributed by atoms with Gasteiger partial charge in [0.25, 0.3) is 0 Å². The van der Waals surface area contributed by atoms with E-state index in [4.69, 9.17) is 34.3 Å². The summed E-state index contributed by atoms with van der Waals surface area (Å²) in [5.74, 6) is 3.95. The molecule has 0 saturated carbocycles. The van der Waals surface area contributed by atoms with Gasteiger partial charge in [-0.3, -0.25) is 0 Å². The quantitative estimate of drug-likeness (QED) is 0.164. The lowest BCUT2D eigenvalue weighted by atomic mass is 9.55. The number of thiophene rings is 2. The van der Waals surface area contributed by atoms with E-state index in [1.807, 2.05) is 132 Å². The molecule has 5 heterocycles. The molecule has 9 heteroatoms. The van der Waals surface area contributed by atoms with Crippen LogP contribution in [0.1, 0.15) is 77.6 Å². The molecule has 0 saturated heterocycles. The van der Waals surface area contributed by atoms with E-state index < -0.39 is 0 Å². The van der Waals surface area contributed by atoms with Crippen LogP contribution < -0.4 is 0 Å². The maximum absolute atomic E-state index is 6.24. The summed E-state index contributed by atoms with van der Waals surface area (Å²) >= 11 is 3.75. The Bertz CT molecular complexity index is 5640. The Morgan fingerprint density at radius 2 is 0.624 bits per heavy atom. The van der Waals surface area contributed by atoms with Gasteiger partial charge in [0.05, 0.1) is 0 Å². The average molecular weight is 1240 g/mol. The van der Waals surface area contributed by atoms with Gasteiger partial charge in [-0.05, 0) is 79.3 Å². The Kier molecular flexibility index (Phi) is 12.9. The highest BCUT2D eigenvalue weighted by molar-refractivity contribution is 7.26. The first-order chi connectivity index (χ1) is 45.1. The first-order valence-corrected chi connectivity index (χ1v) is 33.5. The standard InChI is InChI=1S/C45H33N3OS.C39H31N3S/c1-44(2)33-18-10-8-15-30(33)39-34(45(44,3)4)24-23-29-28-22-21-27(25-37(28)50-40(29)39)42-46-41(26-13-6-5-7-14-26)47-43(48-42)32-17-12-20-36-38(32)31-16-9-11-19-35(31)49-36;1-38(2)30-18-12-11-17-29(30)33-31(39(38,3)4)22-21-28-27-20-19-26(23-32(27)43-34(28)33)37-41-35(24-13-7-5-8-14-24)40-36(42-37)25-15-9-6-10-16-25/h5-25H,1-4H3;5-23H,1-4H3. The van der Waals surface area contributed by atoms with E-state index in [1.54, 1.807) is 0 Å². The van der Waals surface area contributed by atoms with Crippen LogP contribution in [0.2, 0.25) is 0 Å². The highest BCUT2D eigenvalue weighted by atomic mass is 32.1. The molecular formula is C84H64N6OS2. The molecule has 448 valence electrons. The molecule has 0 amide bonds. The van der Waals surface area contributed by atoms with Gasteiger partial charge in [0, 0.05) is 95.6 Å². The summed E-state index contributed by atoms with van der Waals surface area (Å²) in [6.07, 6.45) is 0. The zero-order chi connectivity index (χ0) is 63.1. The maximum atomic E-state index is 6.24. The molecule has 0 unspecified atom stereocenters. The molecule has 0 atom stereocenters. The summed E-state index contributed by atoms with van der Waals surface area (Å²) in [5.41, 5.74) is 18.5. The smallest absolute Gasteiger partial charge is 0.164 e. The fourth-order valence-corrected chi connectivity index (χ4v) is 17.2. The second-order valence-electron chi connectivity index (χ2n) is 26.9. The minimum Gasteiger partial charge on any atom is -0.456 e. The van der Waals surface area contributed by atoms with E-state index in [2.05, 4.69) is 189 Å². The molecule has 18 rings (SSSR count). The molecule has 11 aromatic carbocycles. The monoisotopic (exact) mass is 1240 g/mol. The van der Waals surface area contributed by atoms with E-state index >= 15 is 0 Å². The Hall–Kier alpha value is -10.3. The summed E-state index contributed by atoms with van der Waals surface area (Å²) < 4.78 is 11.4. The zero-order valence-corrected chi connectivity index (χ0v) is 54.6. The molecule has 7 nitrogen and oxygen atoms in total. The Morgan fingerprint density at radius 3 is 1.09 bits per heavy atom. The van der Waals surface area contributed by atoms with Crippen molar-refractivity contribution in [2.24, 2.45) is 0 Å². The van der Waals surface area contributed by atoms with Crippen molar-refractivity contribution in [3.63, 3.8) is 0 Å². The van der Waals surface area contributed by atoms with Crippen LogP contribution in [0, 0.1) is 0 Å². The van der Waals surface area contributed by atoms with E-state index in [0.29, 0.717) is 34.9 Å². The molecule has 0 bridgehead atoms. The van der Waals surface area contributed by atoms with Crippen LogP contribution in [0.15, 0.2) is 247 Å². The summed E-state index contributed by atoms with van der Waals surface area (Å²) in [6, 6.07) is 85.4. The number of hydrogen-bond donors (Lipinski definition) is 0. The third-order valence-corrected chi connectivity index (χ3v) is 23.4. The van der Waals surface area contributed by atoms with Crippen LogP contribution in [-0.2, 0) is 21.7 Å². The lowest BCUT2D eigenvalue weighted by Crippen LogP contribution is -2.43. The molecule has 5 aromatic heterocycles. The largest absolute Gasteiger partial charge is 0.456 e. The fourth-order valence-electron chi connectivity index (χ4n) is 14.6. The second kappa shape index (κ2) is 21.1. The number of furan rings is 1. The lowest BCUT2D eigenvalue weighted by Gasteiger charge is -2.48. The van der Waals surface area contributed by atoms with Gasteiger partial charge in [-0.25, -0.2) is 29.9 Å². The predicted molar refractivity (Wildman–Crippen MR) is 388 cm³/mol. The van der Waals surface area contributed by atoms with Gasteiger partial charge < -0.3 is 4.42 Å². The molecular weight excluding hydrogens is 1170 g/mol. The lowest BCUT2D eigenvalue weighted by molar-refractivity contribution is 0.299. The maximum Gasteiger partial charge on any atom is 0.164 e. The van der Waals surface area contributed by atoms with Gasteiger partial charge in [-0.2, -0.15) is 0 Å². The molecule has 0 fully saturated rings. The molecule has 93 heavy (non-hydrogen) atoms. The number of para-hydroxylation sites is 1. The number of nitrogens with zero attached hydrogens (tertiary/aromatic N) is 6. The van der Waals surface area contributed by atoms with E-state index in [1.165, 1.54) is 84.9 Å². The summed E-state index contributed by atoms with van der Waals surface area (Å²) in [7, 11) is 0. The molecule has 2 aliphatic carbocycles. The average Bonchev–Trinajstić information content (AvgIpc) is 1.69. The van der Waals surface area contributed by atoms with Crippen molar-refractivity contribution in [1.29, 1.82) is 0 Å². The summed E-state index contributed by atoms with van der Waals surface area (Å²) in [4.78, 5) is 30.1. The highest BCUT2D eigenvalue weighted by Gasteiger charge is 2.48. The van der Waals surface area contributed by atoms with Crippen LogP contribution in [0.25, 0.3) is 153 Å². The first-order valence-electron chi connectivity index (χ1n) is 31.9. The van der Waals surface area contributed by atoms with Crippen molar-refractivity contribution in [1.82, 2.24) is 29.9 Å². The topological polar surface area (TPSA) is 90.5 Å². The first kappa shape index (κ1) is 56.6. The van der Waals surface area contributed by atoms with E-state index in [9.17, 15) is 0 Å². The van der Waals surface area contributed by atoms with Gasteiger partial charge >= 0.3 is 0 Å². The third kappa shape index (κ3) is 8.81. The van der Waals surface area contributed by atoms with Crippen LogP contribution in [0.4, 0.5) is 0 Å². The van der Waals surface area contributed by atoms with Crippen LogP contribution >= 0.6 is 22.7 Å². The fraction of sp³-hybridized carbons (Fsp3) is 0.143. The van der Waals surface area contributed by atoms with Crippen LogP contribution in [0.5, 0.6) is 0 Å². The third-order valence-electron chi connectivity index (χ3n) is 21.0. The van der Waals surface area contributed by atoms with Crippen molar-refractivity contribution in [3.8, 4) is 90.6 Å². The highest BCUT2D eigenvalue weighted by Crippen LogP contribution is 2.59. The molecule has 0 aliphatic heterocycles. The van der Waals surface area contributed by atoms with Crippen molar-refractivity contribution in [2.45, 2.75) is 77.0 Å². The van der Waals surface area contributed by atoms with Crippen LogP contribution in [-0.4, -0.2) is 29.9 Å². The summed E-state index contributed by atoms with van der Waals surface area (Å²) in [6.45, 7) is 19.1. The van der Waals surface area contributed by atoms with E-state index in [0.717, 1.165) is 55.3 Å². The Morgan fingerprint density at radius 1 is 0.269 bits per heavy atom. The number of fused-ring (bicyclic) bond motifs is 17. The van der Waals surface area contributed by atoms with Crippen molar-refractivity contribution in [2.75, 3.05) is 0 Å². The number of hydrogen-bond acceptors (Lipinski definition) is 9. The van der Waals surface area contributed by atoms with Gasteiger partial charge in [0.1, 0.15) is 11.2 Å². The number of rotatable bonds is 6. The van der Waals surface area contributed by atoms with Crippen molar-refractivity contribution in [3.05, 3.63) is 265 Å².